The van der Waals surface area contributed by atoms with Crippen LogP contribution in [0.1, 0.15) is 40.7 Å². The highest BCUT2D eigenvalue weighted by Crippen LogP contribution is 2.23. The van der Waals surface area contributed by atoms with Gasteiger partial charge in [0.15, 0.2) is 5.13 Å². The number of fused-ring (bicyclic) bond motifs is 1. The Morgan fingerprint density at radius 2 is 2.08 bits per heavy atom. The van der Waals surface area contributed by atoms with E-state index >= 15 is 0 Å². The van der Waals surface area contributed by atoms with Crippen molar-refractivity contribution in [3.05, 3.63) is 40.4 Å². The van der Waals surface area contributed by atoms with E-state index in [0.29, 0.717) is 16.4 Å². The molecule has 136 valence electrons. The number of anilines is 2. The maximum Gasteiger partial charge on any atom is 0.254 e. The first-order valence-corrected chi connectivity index (χ1v) is 9.26. The summed E-state index contributed by atoms with van der Waals surface area (Å²) in [6, 6.07) is 6.05. The zero-order valence-corrected chi connectivity index (χ0v) is 15.4. The van der Waals surface area contributed by atoms with Crippen molar-refractivity contribution in [3.63, 3.8) is 0 Å². The zero-order valence-electron chi connectivity index (χ0n) is 14.6. The summed E-state index contributed by atoms with van der Waals surface area (Å²) in [6.07, 6.45) is 1.13. The molecule has 0 bridgehead atoms. The third kappa shape index (κ3) is 3.91. The fourth-order valence-corrected chi connectivity index (χ4v) is 3.70. The standard InChI is InChI=1S/C18H20N4O3S/c1-3-12-10(2)26-18(21-12)22-15(23)9-8-14-17(25)19-13-7-5-4-6-11(13)16(24)20-14/h4-7,14H,3,8-9H2,1-2H3,(H,19,25)(H,20,24)(H,21,22,23)/t14-/m1/s1. The highest BCUT2D eigenvalue weighted by atomic mass is 32.1. The molecular formula is C18H20N4O3S. The molecule has 0 spiro atoms. The van der Waals surface area contributed by atoms with Gasteiger partial charge in [-0.1, -0.05) is 19.1 Å². The van der Waals surface area contributed by atoms with Crippen molar-refractivity contribution >= 4 is 39.9 Å². The Hall–Kier alpha value is -2.74. The minimum absolute atomic E-state index is 0.106. The van der Waals surface area contributed by atoms with Crippen LogP contribution in [-0.4, -0.2) is 28.7 Å². The minimum Gasteiger partial charge on any atom is -0.340 e. The quantitative estimate of drug-likeness (QED) is 0.751. The van der Waals surface area contributed by atoms with Crippen molar-refractivity contribution in [2.45, 2.75) is 39.2 Å². The average molecular weight is 372 g/mol. The molecule has 0 unspecified atom stereocenters. The molecule has 0 fully saturated rings. The van der Waals surface area contributed by atoms with E-state index in [9.17, 15) is 14.4 Å². The smallest absolute Gasteiger partial charge is 0.254 e. The number of para-hydroxylation sites is 1. The highest BCUT2D eigenvalue weighted by molar-refractivity contribution is 7.15. The molecule has 0 saturated heterocycles. The zero-order chi connectivity index (χ0) is 18.7. The largest absolute Gasteiger partial charge is 0.340 e. The SMILES string of the molecule is CCc1nc(NC(=O)CC[C@H]2NC(=O)c3ccccc3NC2=O)sc1C. The third-order valence-electron chi connectivity index (χ3n) is 4.19. The number of carbonyl (C=O) groups is 3. The molecule has 8 heteroatoms. The lowest BCUT2D eigenvalue weighted by molar-refractivity contribution is -0.118. The van der Waals surface area contributed by atoms with Crippen LogP contribution in [0.15, 0.2) is 24.3 Å². The predicted molar refractivity (Wildman–Crippen MR) is 100 cm³/mol. The lowest BCUT2D eigenvalue weighted by atomic mass is 10.1. The van der Waals surface area contributed by atoms with Gasteiger partial charge in [0.2, 0.25) is 11.8 Å². The normalized spacial score (nSPS) is 16.3. The molecule has 0 aliphatic carbocycles. The summed E-state index contributed by atoms with van der Waals surface area (Å²) < 4.78 is 0. The van der Waals surface area contributed by atoms with Crippen LogP contribution < -0.4 is 16.0 Å². The molecule has 1 atom stereocenters. The first-order chi connectivity index (χ1) is 12.5. The van der Waals surface area contributed by atoms with Crippen LogP contribution in [0.3, 0.4) is 0 Å². The number of amides is 3. The van der Waals surface area contributed by atoms with Crippen LogP contribution in [0.25, 0.3) is 0 Å². The number of nitrogens with zero attached hydrogens (tertiary/aromatic N) is 1. The molecule has 2 aromatic rings. The Bertz CT molecular complexity index is 862. The van der Waals surface area contributed by atoms with Gasteiger partial charge in [0, 0.05) is 11.3 Å². The fraction of sp³-hybridized carbons (Fsp3) is 0.333. The van der Waals surface area contributed by atoms with Crippen molar-refractivity contribution < 1.29 is 14.4 Å². The average Bonchev–Trinajstić information content (AvgIpc) is 2.91. The Morgan fingerprint density at radius 3 is 2.81 bits per heavy atom. The van der Waals surface area contributed by atoms with E-state index in [1.165, 1.54) is 11.3 Å². The molecule has 2 heterocycles. The van der Waals surface area contributed by atoms with E-state index in [2.05, 4.69) is 20.9 Å². The second kappa shape index (κ2) is 7.65. The number of benzene rings is 1. The van der Waals surface area contributed by atoms with Gasteiger partial charge in [-0.15, -0.1) is 11.3 Å². The molecule has 1 aromatic carbocycles. The summed E-state index contributed by atoms with van der Waals surface area (Å²) in [6.45, 7) is 3.98. The Morgan fingerprint density at radius 1 is 1.31 bits per heavy atom. The lowest BCUT2D eigenvalue weighted by Gasteiger charge is -2.13. The van der Waals surface area contributed by atoms with Gasteiger partial charge in [-0.2, -0.15) is 0 Å². The van der Waals surface area contributed by atoms with E-state index in [-0.39, 0.29) is 30.6 Å². The second-order valence-corrected chi connectivity index (χ2v) is 7.23. The summed E-state index contributed by atoms with van der Waals surface area (Å²) in [5.41, 5.74) is 1.86. The van der Waals surface area contributed by atoms with Gasteiger partial charge in [0.25, 0.3) is 5.91 Å². The maximum absolute atomic E-state index is 12.3. The van der Waals surface area contributed by atoms with Gasteiger partial charge in [0.1, 0.15) is 6.04 Å². The van der Waals surface area contributed by atoms with Crippen molar-refractivity contribution in [2.75, 3.05) is 10.6 Å². The molecule has 7 nitrogen and oxygen atoms in total. The van der Waals surface area contributed by atoms with Crippen molar-refractivity contribution in [2.24, 2.45) is 0 Å². The molecule has 1 aromatic heterocycles. The number of carbonyl (C=O) groups excluding carboxylic acids is 3. The number of hydrogen-bond donors (Lipinski definition) is 3. The van der Waals surface area contributed by atoms with Gasteiger partial charge in [-0.3, -0.25) is 14.4 Å². The third-order valence-corrected chi connectivity index (χ3v) is 5.11. The monoisotopic (exact) mass is 372 g/mol. The van der Waals surface area contributed by atoms with Crippen molar-refractivity contribution in [1.82, 2.24) is 10.3 Å². The summed E-state index contributed by atoms with van der Waals surface area (Å²) in [5.74, 6) is -0.882. The number of nitrogens with one attached hydrogen (secondary N) is 3. The second-order valence-electron chi connectivity index (χ2n) is 6.02. The maximum atomic E-state index is 12.3. The van der Waals surface area contributed by atoms with Crippen molar-refractivity contribution in [1.29, 1.82) is 0 Å². The molecular weight excluding hydrogens is 352 g/mol. The molecule has 3 N–H and O–H groups in total. The van der Waals surface area contributed by atoms with Crippen LogP contribution in [0.4, 0.5) is 10.8 Å². The first-order valence-electron chi connectivity index (χ1n) is 8.44. The predicted octanol–water partition coefficient (Wildman–Crippen LogP) is 2.48. The Balaban J connectivity index is 1.59. The first kappa shape index (κ1) is 18.1. The van der Waals surface area contributed by atoms with Crippen LogP contribution in [-0.2, 0) is 16.0 Å². The number of aromatic nitrogens is 1. The molecule has 1 aliphatic heterocycles. The van der Waals surface area contributed by atoms with Gasteiger partial charge >= 0.3 is 0 Å². The van der Waals surface area contributed by atoms with E-state index in [1.54, 1.807) is 24.3 Å². The van der Waals surface area contributed by atoms with Gasteiger partial charge in [0.05, 0.1) is 16.9 Å². The molecule has 1 aliphatic rings. The van der Waals surface area contributed by atoms with E-state index in [4.69, 9.17) is 0 Å². The van der Waals surface area contributed by atoms with Gasteiger partial charge in [-0.05, 0) is 31.9 Å². The van der Waals surface area contributed by atoms with Crippen LogP contribution in [0.5, 0.6) is 0 Å². The minimum atomic E-state index is -0.759. The lowest BCUT2D eigenvalue weighted by Crippen LogP contribution is -2.41. The number of hydrogen-bond acceptors (Lipinski definition) is 5. The Labute approximate surface area is 155 Å². The molecule has 26 heavy (non-hydrogen) atoms. The summed E-state index contributed by atoms with van der Waals surface area (Å²) >= 11 is 1.43. The Kier molecular flexibility index (Phi) is 5.32. The number of thiazole rings is 1. The van der Waals surface area contributed by atoms with Crippen LogP contribution >= 0.6 is 11.3 Å². The van der Waals surface area contributed by atoms with Crippen LogP contribution in [0.2, 0.25) is 0 Å². The van der Waals surface area contributed by atoms with E-state index in [0.717, 1.165) is 17.0 Å². The fourth-order valence-electron chi connectivity index (χ4n) is 2.78. The number of aryl methyl sites for hydroxylation is 2. The van der Waals surface area contributed by atoms with E-state index in [1.807, 2.05) is 13.8 Å². The summed E-state index contributed by atoms with van der Waals surface area (Å²) in [7, 11) is 0. The molecule has 3 amide bonds. The van der Waals surface area contributed by atoms with Crippen LogP contribution in [0, 0.1) is 6.92 Å². The summed E-state index contributed by atoms with van der Waals surface area (Å²) in [5, 5.41) is 8.73. The molecule has 0 saturated carbocycles. The molecule has 3 rings (SSSR count). The number of rotatable bonds is 5. The highest BCUT2D eigenvalue weighted by Gasteiger charge is 2.27. The summed E-state index contributed by atoms with van der Waals surface area (Å²) in [4.78, 5) is 42.2. The van der Waals surface area contributed by atoms with Gasteiger partial charge in [-0.25, -0.2) is 4.98 Å². The van der Waals surface area contributed by atoms with E-state index < -0.39 is 6.04 Å². The van der Waals surface area contributed by atoms with Gasteiger partial charge < -0.3 is 16.0 Å². The van der Waals surface area contributed by atoms with Crippen molar-refractivity contribution in [3.8, 4) is 0 Å². The molecule has 0 radical (unpaired) electrons. The topological polar surface area (TPSA) is 100 Å².